The van der Waals surface area contributed by atoms with Crippen LogP contribution in [-0.4, -0.2) is 9.55 Å². The van der Waals surface area contributed by atoms with Gasteiger partial charge in [-0.05, 0) is 23.8 Å². The van der Waals surface area contributed by atoms with Gasteiger partial charge in [0.2, 0.25) is 0 Å². The first kappa shape index (κ1) is 12.2. The van der Waals surface area contributed by atoms with Gasteiger partial charge in [-0.15, -0.1) is 6.42 Å². The second-order valence-corrected chi connectivity index (χ2v) is 4.54. The molecule has 0 amide bonds. The number of nitrogens with zero attached hydrogens (tertiary/aromatic N) is 2. The van der Waals surface area contributed by atoms with Crippen molar-refractivity contribution in [1.29, 1.82) is 0 Å². The van der Waals surface area contributed by atoms with Gasteiger partial charge in [0.05, 0.1) is 23.8 Å². The van der Waals surface area contributed by atoms with Gasteiger partial charge in [0.25, 0.3) is 5.56 Å². The van der Waals surface area contributed by atoms with E-state index in [0.717, 1.165) is 5.56 Å². The highest BCUT2D eigenvalue weighted by Gasteiger charge is 2.05. The molecule has 0 bridgehead atoms. The Kier molecular flexibility index (Phi) is 3.06. The van der Waals surface area contributed by atoms with E-state index in [1.54, 1.807) is 29.1 Å². The van der Waals surface area contributed by atoms with E-state index in [4.69, 9.17) is 6.42 Å². The van der Waals surface area contributed by atoms with Crippen molar-refractivity contribution >= 4 is 10.9 Å². The minimum absolute atomic E-state index is 0.0732. The maximum atomic E-state index is 12.5. The minimum atomic E-state index is -0.0732. The first-order valence-electron chi connectivity index (χ1n) is 6.27. The lowest BCUT2D eigenvalue weighted by molar-refractivity contribution is 0.748. The normalized spacial score (nSPS) is 10.3. The number of fused-ring (bicyclic) bond motifs is 1. The Morgan fingerprint density at radius 3 is 2.70 bits per heavy atom. The molecule has 1 heterocycles. The Labute approximate surface area is 116 Å². The minimum Gasteiger partial charge on any atom is -0.294 e. The monoisotopic (exact) mass is 260 g/mol. The van der Waals surface area contributed by atoms with Crippen LogP contribution >= 0.6 is 0 Å². The molecule has 0 N–H and O–H groups in total. The summed E-state index contributed by atoms with van der Waals surface area (Å²) in [4.78, 5) is 16.8. The second-order valence-electron chi connectivity index (χ2n) is 4.54. The molecule has 0 saturated heterocycles. The molecule has 96 valence electrons. The van der Waals surface area contributed by atoms with Crippen molar-refractivity contribution in [3.05, 3.63) is 76.3 Å². The first-order chi connectivity index (χ1) is 9.78. The molecule has 0 aliphatic carbocycles. The van der Waals surface area contributed by atoms with Crippen LogP contribution in [0, 0.1) is 12.3 Å². The van der Waals surface area contributed by atoms with Gasteiger partial charge in [-0.1, -0.05) is 36.3 Å². The van der Waals surface area contributed by atoms with Crippen molar-refractivity contribution in [1.82, 2.24) is 9.55 Å². The summed E-state index contributed by atoms with van der Waals surface area (Å²) in [6, 6.07) is 15.1. The molecule has 20 heavy (non-hydrogen) atoms. The highest BCUT2D eigenvalue weighted by Crippen LogP contribution is 2.09. The second kappa shape index (κ2) is 5.02. The molecular formula is C17H12N2O. The molecular weight excluding hydrogens is 248 g/mol. The van der Waals surface area contributed by atoms with Crippen LogP contribution in [0.4, 0.5) is 0 Å². The summed E-state index contributed by atoms with van der Waals surface area (Å²) in [6.07, 6.45) is 6.95. The molecule has 0 radical (unpaired) electrons. The fourth-order valence-electron chi connectivity index (χ4n) is 2.14. The number of terminal acetylenes is 1. The van der Waals surface area contributed by atoms with Gasteiger partial charge in [-0.3, -0.25) is 9.36 Å². The van der Waals surface area contributed by atoms with E-state index >= 15 is 0 Å². The predicted octanol–water partition coefficient (Wildman–Crippen LogP) is 2.43. The number of benzene rings is 2. The van der Waals surface area contributed by atoms with Crippen LogP contribution in [0.3, 0.4) is 0 Å². The summed E-state index contributed by atoms with van der Waals surface area (Å²) in [5, 5.41) is 0.555. The summed E-state index contributed by atoms with van der Waals surface area (Å²) in [6.45, 7) is 0.503. The Morgan fingerprint density at radius 2 is 1.95 bits per heavy atom. The van der Waals surface area contributed by atoms with Crippen molar-refractivity contribution in [3.8, 4) is 12.3 Å². The smallest absolute Gasteiger partial charge is 0.261 e. The van der Waals surface area contributed by atoms with Crippen molar-refractivity contribution in [2.45, 2.75) is 6.54 Å². The molecule has 0 fully saturated rings. The third-order valence-electron chi connectivity index (χ3n) is 3.19. The van der Waals surface area contributed by atoms with Gasteiger partial charge >= 0.3 is 0 Å². The van der Waals surface area contributed by atoms with Gasteiger partial charge in [0.15, 0.2) is 0 Å². The molecule has 2 aromatic carbocycles. The maximum Gasteiger partial charge on any atom is 0.261 e. The molecule has 3 rings (SSSR count). The summed E-state index contributed by atoms with van der Waals surface area (Å²) in [5.41, 5.74) is 2.34. The van der Waals surface area contributed by atoms with Crippen LogP contribution in [0.2, 0.25) is 0 Å². The molecule has 0 atom stereocenters. The van der Waals surface area contributed by atoms with Gasteiger partial charge < -0.3 is 0 Å². The van der Waals surface area contributed by atoms with Gasteiger partial charge in [0.1, 0.15) is 0 Å². The van der Waals surface area contributed by atoms with E-state index in [1.807, 2.05) is 30.3 Å². The molecule has 0 aliphatic heterocycles. The van der Waals surface area contributed by atoms with Gasteiger partial charge in [0, 0.05) is 5.56 Å². The largest absolute Gasteiger partial charge is 0.294 e. The van der Waals surface area contributed by atoms with E-state index in [-0.39, 0.29) is 5.56 Å². The molecule has 0 saturated carbocycles. The van der Waals surface area contributed by atoms with Crippen molar-refractivity contribution in [2.75, 3.05) is 0 Å². The summed E-state index contributed by atoms with van der Waals surface area (Å²) >= 11 is 0. The van der Waals surface area contributed by atoms with E-state index in [2.05, 4.69) is 10.9 Å². The Balaban J connectivity index is 2.11. The zero-order valence-corrected chi connectivity index (χ0v) is 10.8. The van der Waals surface area contributed by atoms with Crippen LogP contribution in [0.5, 0.6) is 0 Å². The zero-order chi connectivity index (χ0) is 13.9. The summed E-state index contributed by atoms with van der Waals surface area (Å²) in [5.74, 6) is 2.54. The Hall–Kier alpha value is -2.86. The van der Waals surface area contributed by atoms with Crippen molar-refractivity contribution in [2.24, 2.45) is 0 Å². The summed E-state index contributed by atoms with van der Waals surface area (Å²) in [7, 11) is 0. The molecule has 3 aromatic rings. The Bertz CT molecular complexity index is 858. The highest BCUT2D eigenvalue weighted by molar-refractivity contribution is 5.78. The topological polar surface area (TPSA) is 34.9 Å². The van der Waals surface area contributed by atoms with Crippen LogP contribution in [-0.2, 0) is 6.54 Å². The van der Waals surface area contributed by atoms with Crippen LogP contribution < -0.4 is 5.56 Å². The van der Waals surface area contributed by atoms with Gasteiger partial charge in [-0.25, -0.2) is 4.98 Å². The average Bonchev–Trinajstić information content (AvgIpc) is 2.51. The van der Waals surface area contributed by atoms with Gasteiger partial charge in [-0.2, -0.15) is 0 Å². The average molecular weight is 260 g/mol. The molecule has 0 spiro atoms. The number of hydrogen-bond acceptors (Lipinski definition) is 2. The summed E-state index contributed by atoms with van der Waals surface area (Å²) < 4.78 is 1.60. The fourth-order valence-corrected chi connectivity index (χ4v) is 2.14. The van der Waals surface area contributed by atoms with Crippen molar-refractivity contribution in [3.63, 3.8) is 0 Å². The quantitative estimate of drug-likeness (QED) is 0.663. The van der Waals surface area contributed by atoms with E-state index in [9.17, 15) is 4.79 Å². The van der Waals surface area contributed by atoms with Crippen LogP contribution in [0.1, 0.15) is 11.1 Å². The molecule has 0 aliphatic rings. The predicted molar refractivity (Wildman–Crippen MR) is 79.5 cm³/mol. The lowest BCUT2D eigenvalue weighted by atomic mass is 10.1. The Morgan fingerprint density at radius 1 is 1.15 bits per heavy atom. The maximum absolute atomic E-state index is 12.5. The number of rotatable bonds is 2. The molecule has 0 unspecified atom stereocenters. The zero-order valence-electron chi connectivity index (χ0n) is 10.8. The lowest BCUT2D eigenvalue weighted by Crippen LogP contribution is -2.21. The number of hydrogen-bond donors (Lipinski definition) is 0. The van der Waals surface area contributed by atoms with E-state index in [1.165, 1.54) is 0 Å². The molecule has 3 nitrogen and oxygen atoms in total. The fraction of sp³-hybridized carbons (Fsp3) is 0.0588. The van der Waals surface area contributed by atoms with E-state index < -0.39 is 0 Å². The van der Waals surface area contributed by atoms with E-state index in [0.29, 0.717) is 23.0 Å². The number of aromatic nitrogens is 2. The highest BCUT2D eigenvalue weighted by atomic mass is 16.1. The lowest BCUT2D eigenvalue weighted by Gasteiger charge is -2.07. The van der Waals surface area contributed by atoms with Crippen LogP contribution in [0.15, 0.2) is 59.7 Å². The SMILES string of the molecule is C#Cc1ccc2ncn(Cc3ccccc3)c(=O)c2c1. The third-order valence-corrected chi connectivity index (χ3v) is 3.19. The molecule has 3 heteroatoms. The third kappa shape index (κ3) is 2.19. The standard InChI is InChI=1S/C17H12N2O/c1-2-13-8-9-16-15(10-13)17(20)19(12-18-16)11-14-6-4-3-5-7-14/h1,3-10,12H,11H2. The molecule has 1 aromatic heterocycles. The van der Waals surface area contributed by atoms with Crippen LogP contribution in [0.25, 0.3) is 10.9 Å². The van der Waals surface area contributed by atoms with Crippen molar-refractivity contribution < 1.29 is 0 Å². The first-order valence-corrected chi connectivity index (χ1v) is 6.27.